The summed E-state index contributed by atoms with van der Waals surface area (Å²) < 4.78 is 4.97. The van der Waals surface area contributed by atoms with Crippen LogP contribution in [-0.4, -0.2) is 44.2 Å². The SMILES string of the molecule is CCOC(=O)c1cc(NCCN(C)CC)ccc1N. The van der Waals surface area contributed by atoms with Gasteiger partial charge in [0.05, 0.1) is 12.2 Å². The van der Waals surface area contributed by atoms with Crippen LogP contribution in [0.4, 0.5) is 11.4 Å². The van der Waals surface area contributed by atoms with Crippen LogP contribution in [0.25, 0.3) is 0 Å². The molecule has 0 fully saturated rings. The molecule has 0 bridgehead atoms. The molecule has 0 aliphatic heterocycles. The molecule has 0 aromatic heterocycles. The fourth-order valence-corrected chi connectivity index (χ4v) is 1.60. The highest BCUT2D eigenvalue weighted by Crippen LogP contribution is 2.18. The molecule has 0 heterocycles. The normalized spacial score (nSPS) is 10.5. The molecule has 1 rings (SSSR count). The van der Waals surface area contributed by atoms with Gasteiger partial charge in [0, 0.05) is 24.5 Å². The number of nitrogen functional groups attached to an aromatic ring is 1. The van der Waals surface area contributed by atoms with Gasteiger partial charge in [0.2, 0.25) is 0 Å². The van der Waals surface area contributed by atoms with Crippen LogP contribution in [0.2, 0.25) is 0 Å². The van der Waals surface area contributed by atoms with E-state index in [1.165, 1.54) is 0 Å². The van der Waals surface area contributed by atoms with Crippen molar-refractivity contribution in [1.82, 2.24) is 4.90 Å². The van der Waals surface area contributed by atoms with E-state index in [1.807, 2.05) is 6.07 Å². The van der Waals surface area contributed by atoms with Gasteiger partial charge in [-0.15, -0.1) is 0 Å². The molecule has 0 aliphatic carbocycles. The predicted molar refractivity (Wildman–Crippen MR) is 78.5 cm³/mol. The number of carbonyl (C=O) groups excluding carboxylic acids is 1. The lowest BCUT2D eigenvalue weighted by atomic mass is 10.1. The fraction of sp³-hybridized carbons (Fsp3) is 0.500. The van der Waals surface area contributed by atoms with Crippen LogP contribution in [0.15, 0.2) is 18.2 Å². The van der Waals surface area contributed by atoms with Crippen molar-refractivity contribution in [2.45, 2.75) is 13.8 Å². The quantitative estimate of drug-likeness (QED) is 0.581. The average molecular weight is 265 g/mol. The molecule has 106 valence electrons. The third-order valence-corrected chi connectivity index (χ3v) is 2.91. The van der Waals surface area contributed by atoms with E-state index in [0.717, 1.165) is 25.3 Å². The maximum Gasteiger partial charge on any atom is 0.340 e. The largest absolute Gasteiger partial charge is 0.462 e. The number of nitrogens with zero attached hydrogens (tertiary/aromatic N) is 1. The van der Waals surface area contributed by atoms with Gasteiger partial charge in [-0.1, -0.05) is 6.92 Å². The number of hydrogen-bond acceptors (Lipinski definition) is 5. The number of rotatable bonds is 7. The summed E-state index contributed by atoms with van der Waals surface area (Å²) in [6.45, 7) is 7.00. The van der Waals surface area contributed by atoms with Crippen LogP contribution < -0.4 is 11.1 Å². The van der Waals surface area contributed by atoms with E-state index < -0.39 is 0 Å². The summed E-state index contributed by atoms with van der Waals surface area (Å²) in [5.74, 6) is -0.380. The van der Waals surface area contributed by atoms with Crippen LogP contribution in [0.5, 0.6) is 0 Å². The number of anilines is 2. The number of esters is 1. The van der Waals surface area contributed by atoms with Crippen LogP contribution >= 0.6 is 0 Å². The van der Waals surface area contributed by atoms with Gasteiger partial charge in [-0.25, -0.2) is 4.79 Å². The number of nitrogens with two attached hydrogens (primary N) is 1. The smallest absolute Gasteiger partial charge is 0.340 e. The molecule has 1 aromatic rings. The summed E-state index contributed by atoms with van der Waals surface area (Å²) in [6, 6.07) is 5.32. The summed E-state index contributed by atoms with van der Waals surface area (Å²) in [7, 11) is 2.06. The van der Waals surface area contributed by atoms with Crippen molar-refractivity contribution < 1.29 is 9.53 Å². The number of ether oxygens (including phenoxy) is 1. The molecule has 0 saturated heterocycles. The summed E-state index contributed by atoms with van der Waals surface area (Å²) in [4.78, 5) is 13.9. The third-order valence-electron chi connectivity index (χ3n) is 2.91. The zero-order valence-corrected chi connectivity index (χ0v) is 11.9. The minimum atomic E-state index is -0.380. The molecule has 0 radical (unpaired) electrons. The minimum absolute atomic E-state index is 0.344. The second-order valence-corrected chi connectivity index (χ2v) is 4.35. The van der Waals surface area contributed by atoms with Crippen LogP contribution in [-0.2, 0) is 4.74 Å². The standard InChI is InChI=1S/C14H23N3O2/c1-4-17(3)9-8-16-11-6-7-13(15)12(10-11)14(18)19-5-2/h6-7,10,16H,4-5,8-9,15H2,1-3H3. The zero-order valence-electron chi connectivity index (χ0n) is 11.9. The number of likely N-dealkylation sites (N-methyl/N-ethyl adjacent to an activating group) is 1. The fourth-order valence-electron chi connectivity index (χ4n) is 1.60. The Hall–Kier alpha value is -1.75. The first kappa shape index (κ1) is 15.3. The van der Waals surface area contributed by atoms with Crippen molar-refractivity contribution in [2.75, 3.05) is 44.3 Å². The Bertz CT molecular complexity index is 421. The number of nitrogens with one attached hydrogen (secondary N) is 1. The molecular formula is C14H23N3O2. The minimum Gasteiger partial charge on any atom is -0.462 e. The number of benzene rings is 1. The molecular weight excluding hydrogens is 242 g/mol. The van der Waals surface area contributed by atoms with Gasteiger partial charge in [-0.2, -0.15) is 0 Å². The van der Waals surface area contributed by atoms with E-state index in [9.17, 15) is 4.79 Å². The average Bonchev–Trinajstić information content (AvgIpc) is 2.40. The Balaban J connectivity index is 2.65. The highest BCUT2D eigenvalue weighted by atomic mass is 16.5. The van der Waals surface area contributed by atoms with Gasteiger partial charge in [0.25, 0.3) is 0 Å². The molecule has 0 atom stereocenters. The van der Waals surface area contributed by atoms with Gasteiger partial charge in [0.15, 0.2) is 0 Å². The van der Waals surface area contributed by atoms with E-state index in [-0.39, 0.29) is 5.97 Å². The van der Waals surface area contributed by atoms with Gasteiger partial charge in [-0.3, -0.25) is 0 Å². The zero-order chi connectivity index (χ0) is 14.3. The lowest BCUT2D eigenvalue weighted by Crippen LogP contribution is -2.24. The van der Waals surface area contributed by atoms with Crippen molar-refractivity contribution in [3.63, 3.8) is 0 Å². The Kier molecular flexibility index (Phi) is 6.15. The van der Waals surface area contributed by atoms with Crippen molar-refractivity contribution in [3.05, 3.63) is 23.8 Å². The highest BCUT2D eigenvalue weighted by molar-refractivity contribution is 5.96. The first-order chi connectivity index (χ1) is 9.08. The Labute approximate surface area is 114 Å². The van der Waals surface area contributed by atoms with Gasteiger partial charge in [-0.05, 0) is 38.7 Å². The van der Waals surface area contributed by atoms with E-state index in [1.54, 1.807) is 19.1 Å². The monoisotopic (exact) mass is 265 g/mol. The third kappa shape index (κ3) is 4.79. The molecule has 5 heteroatoms. The molecule has 0 spiro atoms. The first-order valence-corrected chi connectivity index (χ1v) is 6.57. The summed E-state index contributed by atoms with van der Waals surface area (Å²) in [5.41, 5.74) is 7.51. The summed E-state index contributed by atoms with van der Waals surface area (Å²) >= 11 is 0. The van der Waals surface area contributed by atoms with Crippen molar-refractivity contribution in [2.24, 2.45) is 0 Å². The topological polar surface area (TPSA) is 67.6 Å². The lowest BCUT2D eigenvalue weighted by molar-refractivity contribution is 0.0527. The predicted octanol–water partition coefficient (Wildman–Crippen LogP) is 1.81. The Morgan fingerprint density at radius 1 is 1.42 bits per heavy atom. The molecule has 1 aromatic carbocycles. The first-order valence-electron chi connectivity index (χ1n) is 6.57. The van der Waals surface area contributed by atoms with Crippen molar-refractivity contribution >= 4 is 17.3 Å². The summed E-state index contributed by atoms with van der Waals surface area (Å²) in [5, 5.41) is 3.27. The summed E-state index contributed by atoms with van der Waals surface area (Å²) in [6.07, 6.45) is 0. The molecule has 0 amide bonds. The molecule has 3 N–H and O–H groups in total. The maximum absolute atomic E-state index is 11.7. The molecule has 0 aliphatic rings. The second kappa shape index (κ2) is 7.63. The molecule has 0 saturated carbocycles. The van der Waals surface area contributed by atoms with E-state index in [2.05, 4.69) is 24.2 Å². The van der Waals surface area contributed by atoms with Gasteiger partial charge in [0.1, 0.15) is 0 Å². The van der Waals surface area contributed by atoms with E-state index in [0.29, 0.717) is 17.9 Å². The second-order valence-electron chi connectivity index (χ2n) is 4.35. The van der Waals surface area contributed by atoms with Crippen LogP contribution in [0.3, 0.4) is 0 Å². The Morgan fingerprint density at radius 3 is 2.79 bits per heavy atom. The number of hydrogen-bond donors (Lipinski definition) is 2. The van der Waals surface area contributed by atoms with Crippen LogP contribution in [0.1, 0.15) is 24.2 Å². The molecule has 0 unspecified atom stereocenters. The van der Waals surface area contributed by atoms with Crippen molar-refractivity contribution in [3.8, 4) is 0 Å². The van der Waals surface area contributed by atoms with Crippen molar-refractivity contribution in [1.29, 1.82) is 0 Å². The highest BCUT2D eigenvalue weighted by Gasteiger charge is 2.11. The van der Waals surface area contributed by atoms with Gasteiger partial charge < -0.3 is 20.7 Å². The van der Waals surface area contributed by atoms with Gasteiger partial charge >= 0.3 is 5.97 Å². The molecule has 19 heavy (non-hydrogen) atoms. The lowest BCUT2D eigenvalue weighted by Gasteiger charge is -2.15. The van der Waals surface area contributed by atoms with Crippen LogP contribution in [0, 0.1) is 0 Å². The Morgan fingerprint density at radius 2 is 2.16 bits per heavy atom. The van der Waals surface area contributed by atoms with E-state index in [4.69, 9.17) is 10.5 Å². The maximum atomic E-state index is 11.7. The number of carbonyl (C=O) groups is 1. The van der Waals surface area contributed by atoms with E-state index >= 15 is 0 Å². The molecule has 5 nitrogen and oxygen atoms in total.